The maximum absolute atomic E-state index is 4.16. The predicted octanol–water partition coefficient (Wildman–Crippen LogP) is 3.80. The molecule has 2 heteroatoms. The molecule has 94 valence electrons. The molecule has 1 unspecified atom stereocenters. The molecule has 2 atom stereocenters. The summed E-state index contributed by atoms with van der Waals surface area (Å²) < 4.78 is 0. The van der Waals surface area contributed by atoms with E-state index in [1.165, 1.54) is 16.7 Å². The average molecular weight is 240 g/mol. The van der Waals surface area contributed by atoms with E-state index < -0.39 is 0 Å². The zero-order valence-electron chi connectivity index (χ0n) is 11.2. The highest BCUT2D eigenvalue weighted by molar-refractivity contribution is 5.24. The van der Waals surface area contributed by atoms with E-state index in [9.17, 15) is 0 Å². The Hall–Kier alpha value is -1.67. The van der Waals surface area contributed by atoms with Crippen LogP contribution in [0.3, 0.4) is 0 Å². The highest BCUT2D eigenvalue weighted by Gasteiger charge is 2.10. The third-order valence-electron chi connectivity index (χ3n) is 3.26. The van der Waals surface area contributed by atoms with Crippen molar-refractivity contribution < 1.29 is 0 Å². The monoisotopic (exact) mass is 240 g/mol. The van der Waals surface area contributed by atoms with Crippen molar-refractivity contribution in [1.82, 2.24) is 10.3 Å². The van der Waals surface area contributed by atoms with Crippen molar-refractivity contribution in [3.63, 3.8) is 0 Å². The third kappa shape index (κ3) is 3.17. The molecule has 2 nitrogen and oxygen atoms in total. The standard InChI is InChI=1S/C16H20N2/c1-12-6-8-15(9-7-12)13(2)18-14(3)16-5-4-10-17-11-16/h4-11,13-14,18H,1-3H3/t13?,14-/m1/s1. The molecule has 0 aliphatic carbocycles. The number of hydrogen-bond acceptors (Lipinski definition) is 2. The summed E-state index contributed by atoms with van der Waals surface area (Å²) in [5.74, 6) is 0. The van der Waals surface area contributed by atoms with Crippen LogP contribution in [0, 0.1) is 6.92 Å². The second-order valence-electron chi connectivity index (χ2n) is 4.81. The lowest BCUT2D eigenvalue weighted by Crippen LogP contribution is -2.22. The van der Waals surface area contributed by atoms with Crippen molar-refractivity contribution in [2.75, 3.05) is 0 Å². The van der Waals surface area contributed by atoms with Gasteiger partial charge in [0.05, 0.1) is 0 Å². The van der Waals surface area contributed by atoms with Gasteiger partial charge in [0.1, 0.15) is 0 Å². The molecule has 2 aromatic rings. The van der Waals surface area contributed by atoms with Gasteiger partial charge in [0.15, 0.2) is 0 Å². The first kappa shape index (κ1) is 12.8. The van der Waals surface area contributed by atoms with Gasteiger partial charge < -0.3 is 5.32 Å². The molecule has 0 bridgehead atoms. The van der Waals surface area contributed by atoms with Crippen molar-refractivity contribution in [3.05, 3.63) is 65.5 Å². The van der Waals surface area contributed by atoms with Gasteiger partial charge in [0.25, 0.3) is 0 Å². The van der Waals surface area contributed by atoms with Crippen LogP contribution in [-0.2, 0) is 0 Å². The Kier molecular flexibility index (Phi) is 4.11. The van der Waals surface area contributed by atoms with Gasteiger partial charge in [-0.25, -0.2) is 0 Å². The number of pyridine rings is 1. The first-order chi connectivity index (χ1) is 8.66. The molecule has 1 aromatic carbocycles. The summed E-state index contributed by atoms with van der Waals surface area (Å²) in [6.45, 7) is 6.47. The molecule has 0 saturated carbocycles. The number of aromatic nitrogens is 1. The maximum atomic E-state index is 4.16. The summed E-state index contributed by atoms with van der Waals surface area (Å²) in [5, 5.41) is 3.59. The quantitative estimate of drug-likeness (QED) is 0.879. The summed E-state index contributed by atoms with van der Waals surface area (Å²) in [6.07, 6.45) is 3.72. The normalized spacial score (nSPS) is 14.2. The lowest BCUT2D eigenvalue weighted by molar-refractivity contribution is 0.493. The van der Waals surface area contributed by atoms with Crippen molar-refractivity contribution in [2.24, 2.45) is 0 Å². The van der Waals surface area contributed by atoms with Gasteiger partial charge >= 0.3 is 0 Å². The molecule has 0 aliphatic heterocycles. The molecule has 1 N–H and O–H groups in total. The van der Waals surface area contributed by atoms with Gasteiger partial charge in [-0.2, -0.15) is 0 Å². The number of benzene rings is 1. The van der Waals surface area contributed by atoms with E-state index >= 15 is 0 Å². The van der Waals surface area contributed by atoms with Crippen LogP contribution in [0.5, 0.6) is 0 Å². The minimum atomic E-state index is 0.301. The van der Waals surface area contributed by atoms with Crippen LogP contribution in [0.25, 0.3) is 0 Å². The van der Waals surface area contributed by atoms with Gasteiger partial charge in [-0.15, -0.1) is 0 Å². The fourth-order valence-electron chi connectivity index (χ4n) is 2.05. The highest BCUT2D eigenvalue weighted by atomic mass is 14.9. The SMILES string of the molecule is Cc1ccc(C(C)N[C@H](C)c2cccnc2)cc1. The van der Waals surface area contributed by atoms with E-state index in [1.807, 2.05) is 12.3 Å². The van der Waals surface area contributed by atoms with Gasteiger partial charge in [0, 0.05) is 24.5 Å². The van der Waals surface area contributed by atoms with E-state index in [0.29, 0.717) is 12.1 Å². The van der Waals surface area contributed by atoms with Crippen molar-refractivity contribution in [2.45, 2.75) is 32.9 Å². The van der Waals surface area contributed by atoms with Crippen molar-refractivity contribution in [3.8, 4) is 0 Å². The topological polar surface area (TPSA) is 24.9 Å². The summed E-state index contributed by atoms with van der Waals surface area (Å²) in [7, 11) is 0. The Labute approximate surface area is 109 Å². The molecule has 0 fully saturated rings. The number of nitrogens with one attached hydrogen (secondary N) is 1. The molecule has 2 rings (SSSR count). The van der Waals surface area contributed by atoms with Crippen molar-refractivity contribution in [1.29, 1.82) is 0 Å². The van der Waals surface area contributed by atoms with Gasteiger partial charge in [-0.3, -0.25) is 4.98 Å². The fraction of sp³-hybridized carbons (Fsp3) is 0.312. The van der Waals surface area contributed by atoms with Gasteiger partial charge in [-0.05, 0) is 38.0 Å². The number of aryl methyl sites for hydroxylation is 1. The van der Waals surface area contributed by atoms with Crippen LogP contribution >= 0.6 is 0 Å². The summed E-state index contributed by atoms with van der Waals surface area (Å²) in [6, 6.07) is 13.4. The second kappa shape index (κ2) is 5.78. The molecule has 0 radical (unpaired) electrons. The van der Waals surface area contributed by atoms with E-state index in [0.717, 1.165) is 0 Å². The van der Waals surface area contributed by atoms with E-state index in [2.05, 4.69) is 61.4 Å². The Morgan fingerprint density at radius 3 is 2.22 bits per heavy atom. The first-order valence-corrected chi connectivity index (χ1v) is 6.39. The molecule has 0 aliphatic rings. The van der Waals surface area contributed by atoms with Gasteiger partial charge in [-0.1, -0.05) is 35.9 Å². The zero-order chi connectivity index (χ0) is 13.0. The summed E-state index contributed by atoms with van der Waals surface area (Å²) in [4.78, 5) is 4.16. The average Bonchev–Trinajstić information content (AvgIpc) is 2.40. The largest absolute Gasteiger partial charge is 0.304 e. The molecule has 0 saturated heterocycles. The lowest BCUT2D eigenvalue weighted by Gasteiger charge is -2.20. The van der Waals surface area contributed by atoms with E-state index in [4.69, 9.17) is 0 Å². The Morgan fingerprint density at radius 2 is 1.61 bits per heavy atom. The van der Waals surface area contributed by atoms with Crippen LogP contribution < -0.4 is 5.32 Å². The summed E-state index contributed by atoms with van der Waals surface area (Å²) in [5.41, 5.74) is 3.83. The first-order valence-electron chi connectivity index (χ1n) is 6.39. The van der Waals surface area contributed by atoms with E-state index in [-0.39, 0.29) is 0 Å². The van der Waals surface area contributed by atoms with E-state index in [1.54, 1.807) is 6.20 Å². The minimum absolute atomic E-state index is 0.301. The van der Waals surface area contributed by atoms with Crippen LogP contribution in [0.2, 0.25) is 0 Å². The van der Waals surface area contributed by atoms with Crippen LogP contribution in [0.1, 0.15) is 42.6 Å². The molecule has 18 heavy (non-hydrogen) atoms. The number of hydrogen-bond donors (Lipinski definition) is 1. The van der Waals surface area contributed by atoms with Crippen LogP contribution in [-0.4, -0.2) is 4.98 Å². The Balaban J connectivity index is 2.03. The molecule has 1 heterocycles. The lowest BCUT2D eigenvalue weighted by atomic mass is 10.0. The molecular weight excluding hydrogens is 220 g/mol. The molecular formula is C16H20N2. The van der Waals surface area contributed by atoms with Crippen molar-refractivity contribution >= 4 is 0 Å². The summed E-state index contributed by atoms with van der Waals surface area (Å²) >= 11 is 0. The second-order valence-corrected chi connectivity index (χ2v) is 4.81. The highest BCUT2D eigenvalue weighted by Crippen LogP contribution is 2.18. The zero-order valence-corrected chi connectivity index (χ0v) is 11.2. The molecule has 0 amide bonds. The van der Waals surface area contributed by atoms with Crippen LogP contribution in [0.4, 0.5) is 0 Å². The molecule has 0 spiro atoms. The van der Waals surface area contributed by atoms with Gasteiger partial charge in [0.2, 0.25) is 0 Å². The predicted molar refractivity (Wildman–Crippen MR) is 75.4 cm³/mol. The number of rotatable bonds is 4. The number of nitrogens with zero attached hydrogens (tertiary/aromatic N) is 1. The Bertz CT molecular complexity index is 476. The smallest absolute Gasteiger partial charge is 0.0315 e. The minimum Gasteiger partial charge on any atom is -0.304 e. The van der Waals surface area contributed by atoms with Crippen LogP contribution in [0.15, 0.2) is 48.8 Å². The third-order valence-corrected chi connectivity index (χ3v) is 3.26. The maximum Gasteiger partial charge on any atom is 0.0315 e. The fourth-order valence-corrected chi connectivity index (χ4v) is 2.05. The Morgan fingerprint density at radius 1 is 0.944 bits per heavy atom. The molecule has 1 aromatic heterocycles.